The molecule has 0 fully saturated rings. The largest absolute Gasteiger partial charge is 0.508 e. The maximum Gasteiger partial charge on any atom is 0.372 e. The minimum absolute atomic E-state index is 0.0267. The Balaban J connectivity index is 1.82. The van der Waals surface area contributed by atoms with Gasteiger partial charge in [-0.05, 0) is 36.4 Å². The summed E-state index contributed by atoms with van der Waals surface area (Å²) in [6, 6.07) is 11.6. The van der Waals surface area contributed by atoms with Gasteiger partial charge in [0.2, 0.25) is 0 Å². The van der Waals surface area contributed by atoms with Gasteiger partial charge in [0.15, 0.2) is 5.56 Å². The van der Waals surface area contributed by atoms with Crippen molar-refractivity contribution in [3.05, 3.63) is 70.0 Å². The van der Waals surface area contributed by atoms with Crippen LogP contribution in [0.15, 0.2) is 53.3 Å². The lowest BCUT2D eigenvalue weighted by Crippen LogP contribution is -2.30. The van der Waals surface area contributed by atoms with Gasteiger partial charge in [-0.2, -0.15) is 5.48 Å². The highest BCUT2D eigenvalue weighted by molar-refractivity contribution is 6.00. The molecule has 4 N–H and O–H groups in total. The molecule has 1 aromatic heterocycles. The number of phenols is 1. The average molecular weight is 340 g/mol. The molecule has 25 heavy (non-hydrogen) atoms. The molecule has 0 aliphatic heterocycles. The van der Waals surface area contributed by atoms with Gasteiger partial charge in [0.25, 0.3) is 11.5 Å². The van der Waals surface area contributed by atoms with E-state index in [-0.39, 0.29) is 16.7 Å². The van der Waals surface area contributed by atoms with Crippen molar-refractivity contribution in [2.75, 3.05) is 0 Å². The molecule has 0 aliphatic rings. The van der Waals surface area contributed by atoms with Crippen molar-refractivity contribution in [3.8, 4) is 11.5 Å². The number of H-pyrrole nitrogens is 1. The van der Waals surface area contributed by atoms with Crippen LogP contribution in [0.3, 0.4) is 0 Å². The smallest absolute Gasteiger partial charge is 0.372 e. The van der Waals surface area contributed by atoms with Gasteiger partial charge >= 0.3 is 5.97 Å². The van der Waals surface area contributed by atoms with Crippen molar-refractivity contribution in [2.24, 2.45) is 0 Å². The summed E-state index contributed by atoms with van der Waals surface area (Å²) < 4.78 is 0. The fourth-order valence-electron chi connectivity index (χ4n) is 2.23. The lowest BCUT2D eigenvalue weighted by Gasteiger charge is -2.08. The number of carbonyl (C=O) groups is 2. The molecular formula is C17H12N2O6. The minimum atomic E-state index is -1.21. The molecule has 2 aromatic carbocycles. The number of aromatic nitrogens is 1. The molecule has 126 valence electrons. The predicted molar refractivity (Wildman–Crippen MR) is 87.2 cm³/mol. The molecular weight excluding hydrogens is 328 g/mol. The molecule has 1 amide bonds. The van der Waals surface area contributed by atoms with E-state index in [1.54, 1.807) is 18.2 Å². The van der Waals surface area contributed by atoms with Crippen molar-refractivity contribution >= 4 is 22.8 Å². The average Bonchev–Trinajstić information content (AvgIpc) is 2.60. The Morgan fingerprint density at radius 3 is 2.40 bits per heavy atom. The summed E-state index contributed by atoms with van der Waals surface area (Å²) in [6.07, 6.45) is 0. The number of para-hydroxylation sites is 1. The molecule has 0 saturated carbocycles. The number of benzene rings is 2. The Hall–Kier alpha value is -3.81. The van der Waals surface area contributed by atoms with Crippen LogP contribution in [0.4, 0.5) is 0 Å². The maximum atomic E-state index is 12.1. The first-order chi connectivity index (χ1) is 12.0. The molecule has 0 bridgehead atoms. The van der Waals surface area contributed by atoms with Gasteiger partial charge in [-0.15, -0.1) is 0 Å². The van der Waals surface area contributed by atoms with Gasteiger partial charge in [-0.3, -0.25) is 9.59 Å². The summed E-state index contributed by atoms with van der Waals surface area (Å²) in [5.74, 6) is -2.54. The molecule has 8 nitrogen and oxygen atoms in total. The number of carbonyl (C=O) groups excluding carboxylic acids is 2. The molecule has 0 spiro atoms. The van der Waals surface area contributed by atoms with Crippen LogP contribution in [0, 0.1) is 0 Å². The van der Waals surface area contributed by atoms with Crippen molar-refractivity contribution in [3.63, 3.8) is 0 Å². The van der Waals surface area contributed by atoms with Crippen LogP contribution in [-0.4, -0.2) is 27.1 Å². The topological polar surface area (TPSA) is 129 Å². The summed E-state index contributed by atoms with van der Waals surface area (Å²) in [5, 5.41) is 19.6. The van der Waals surface area contributed by atoms with Gasteiger partial charge in [0, 0.05) is 10.9 Å². The van der Waals surface area contributed by atoms with Crippen LogP contribution in [0.5, 0.6) is 11.5 Å². The fraction of sp³-hybridized carbons (Fsp3) is 0. The number of hydrogen-bond donors (Lipinski definition) is 4. The zero-order chi connectivity index (χ0) is 18.0. The Bertz CT molecular complexity index is 1020. The number of amides is 1. The second-order valence-corrected chi connectivity index (χ2v) is 5.09. The molecule has 0 atom stereocenters. The van der Waals surface area contributed by atoms with Crippen LogP contribution in [0.25, 0.3) is 10.9 Å². The third-order valence-electron chi connectivity index (χ3n) is 3.46. The molecule has 0 aliphatic carbocycles. The molecule has 0 saturated heterocycles. The zero-order valence-corrected chi connectivity index (χ0v) is 12.6. The summed E-state index contributed by atoms with van der Waals surface area (Å²) in [5.41, 5.74) is 0.901. The maximum absolute atomic E-state index is 12.1. The third-order valence-corrected chi connectivity index (χ3v) is 3.46. The van der Waals surface area contributed by atoms with E-state index < -0.39 is 28.7 Å². The molecule has 0 unspecified atom stereocenters. The van der Waals surface area contributed by atoms with Crippen molar-refractivity contribution in [1.29, 1.82) is 0 Å². The second kappa shape index (κ2) is 6.36. The normalized spacial score (nSPS) is 10.4. The summed E-state index contributed by atoms with van der Waals surface area (Å²) in [7, 11) is 0. The Kier molecular flexibility index (Phi) is 4.09. The molecule has 0 radical (unpaired) electrons. The minimum Gasteiger partial charge on any atom is -0.508 e. The van der Waals surface area contributed by atoms with E-state index in [0.717, 1.165) is 0 Å². The van der Waals surface area contributed by atoms with Crippen molar-refractivity contribution in [2.45, 2.75) is 0 Å². The first-order valence-electron chi connectivity index (χ1n) is 7.12. The monoisotopic (exact) mass is 340 g/mol. The number of pyridine rings is 1. The van der Waals surface area contributed by atoms with E-state index in [9.17, 15) is 19.5 Å². The molecule has 3 aromatic rings. The van der Waals surface area contributed by atoms with Crippen LogP contribution < -0.4 is 11.0 Å². The number of phenolic OH excluding ortho intramolecular Hbond substituents is 1. The Morgan fingerprint density at radius 1 is 1.00 bits per heavy atom. The highest BCUT2D eigenvalue weighted by Crippen LogP contribution is 2.24. The number of hydrogen-bond acceptors (Lipinski definition) is 6. The van der Waals surface area contributed by atoms with Crippen molar-refractivity contribution in [1.82, 2.24) is 10.5 Å². The van der Waals surface area contributed by atoms with Gasteiger partial charge in [-0.1, -0.05) is 12.1 Å². The number of hydroxylamine groups is 1. The number of aromatic hydroxyl groups is 2. The van der Waals surface area contributed by atoms with Crippen LogP contribution in [0.1, 0.15) is 20.7 Å². The van der Waals surface area contributed by atoms with Gasteiger partial charge in [-0.25, -0.2) is 4.79 Å². The first kappa shape index (κ1) is 16.1. The van der Waals surface area contributed by atoms with Gasteiger partial charge in [0.05, 0.1) is 5.52 Å². The van der Waals surface area contributed by atoms with Crippen LogP contribution >= 0.6 is 0 Å². The van der Waals surface area contributed by atoms with Gasteiger partial charge in [0.1, 0.15) is 11.5 Å². The number of fused-ring (bicyclic) bond motifs is 1. The fourth-order valence-corrected chi connectivity index (χ4v) is 2.23. The SMILES string of the molecule is O=C(NOC(=O)c1c(O)c2ccccc2[nH]c1=O)c1ccc(O)cc1. The molecule has 1 heterocycles. The number of aromatic amines is 1. The zero-order valence-electron chi connectivity index (χ0n) is 12.6. The highest BCUT2D eigenvalue weighted by atomic mass is 16.7. The predicted octanol–water partition coefficient (Wildman–Crippen LogP) is 1.44. The highest BCUT2D eigenvalue weighted by Gasteiger charge is 2.21. The summed E-state index contributed by atoms with van der Waals surface area (Å²) >= 11 is 0. The van der Waals surface area contributed by atoms with Crippen molar-refractivity contribution < 1.29 is 24.6 Å². The Labute approximate surface area is 140 Å². The molecule has 8 heteroatoms. The lowest BCUT2D eigenvalue weighted by atomic mass is 10.1. The molecule has 3 rings (SSSR count). The quantitative estimate of drug-likeness (QED) is 0.523. The first-order valence-corrected chi connectivity index (χ1v) is 7.12. The lowest BCUT2D eigenvalue weighted by molar-refractivity contribution is 0.0226. The van der Waals surface area contributed by atoms with Crippen LogP contribution in [0.2, 0.25) is 0 Å². The van der Waals surface area contributed by atoms with Gasteiger partial charge < -0.3 is 20.0 Å². The van der Waals surface area contributed by atoms with E-state index in [1.807, 2.05) is 5.48 Å². The van der Waals surface area contributed by atoms with E-state index in [2.05, 4.69) is 9.82 Å². The van der Waals surface area contributed by atoms with E-state index in [1.165, 1.54) is 30.3 Å². The standard InChI is InChI=1S/C17H12N2O6/c20-10-7-5-9(6-8-10)15(22)19-25-17(24)13-14(21)11-3-1-2-4-12(11)18-16(13)23/h1-8,20H,(H,19,22)(H2,18,21,23). The number of rotatable bonds is 2. The third kappa shape index (κ3) is 3.13. The van der Waals surface area contributed by atoms with E-state index >= 15 is 0 Å². The van der Waals surface area contributed by atoms with E-state index in [0.29, 0.717) is 5.52 Å². The Morgan fingerprint density at radius 2 is 1.68 bits per heavy atom. The second-order valence-electron chi connectivity index (χ2n) is 5.09. The number of nitrogens with one attached hydrogen (secondary N) is 2. The summed E-state index contributed by atoms with van der Waals surface area (Å²) in [6.45, 7) is 0. The van der Waals surface area contributed by atoms with Crippen LogP contribution in [-0.2, 0) is 4.84 Å². The summed E-state index contributed by atoms with van der Waals surface area (Å²) in [4.78, 5) is 43.0. The van der Waals surface area contributed by atoms with E-state index in [4.69, 9.17) is 5.11 Å².